The highest BCUT2D eigenvalue weighted by Crippen LogP contribution is 2.68. The zero-order valence-corrected chi connectivity index (χ0v) is 19.1. The maximum Gasteiger partial charge on any atom is 0.327 e. The third-order valence-corrected chi connectivity index (χ3v) is 10.4. The average Bonchev–Trinajstić information content (AvgIpc) is 3.05. The van der Waals surface area contributed by atoms with E-state index in [0.717, 1.165) is 51.4 Å². The van der Waals surface area contributed by atoms with E-state index in [1.807, 2.05) is 6.08 Å². The average molecular weight is 417 g/mol. The summed E-state index contributed by atoms with van der Waals surface area (Å²) in [5.41, 5.74) is 0.293. The second kappa shape index (κ2) is 7.76. The molecule has 0 radical (unpaired) electrons. The summed E-state index contributed by atoms with van der Waals surface area (Å²) in [4.78, 5) is 24.9. The van der Waals surface area contributed by atoms with Crippen LogP contribution in [0.2, 0.25) is 0 Å². The summed E-state index contributed by atoms with van der Waals surface area (Å²) in [6, 6.07) is 0. The van der Waals surface area contributed by atoms with Crippen molar-refractivity contribution in [2.75, 3.05) is 0 Å². The molecule has 1 unspecified atom stereocenters. The third kappa shape index (κ3) is 3.20. The van der Waals surface area contributed by atoms with E-state index in [-0.39, 0.29) is 34.7 Å². The number of aliphatic carboxylic acids is 1. The number of fused-ring (bicyclic) bond motifs is 5. The highest BCUT2D eigenvalue weighted by Gasteiger charge is 2.64. The van der Waals surface area contributed by atoms with Crippen LogP contribution in [-0.2, 0) is 9.59 Å². The van der Waals surface area contributed by atoms with Crippen LogP contribution in [0.25, 0.3) is 0 Å². The van der Waals surface area contributed by atoms with Crippen molar-refractivity contribution in [2.24, 2.45) is 52.3 Å². The molecule has 30 heavy (non-hydrogen) atoms. The summed E-state index contributed by atoms with van der Waals surface area (Å²) in [5, 5.41) is 19.4. The maximum absolute atomic E-state index is 13.9. The largest absolute Gasteiger partial charge is 0.478 e. The van der Waals surface area contributed by atoms with E-state index in [2.05, 4.69) is 27.7 Å². The molecule has 0 saturated heterocycles. The van der Waals surface area contributed by atoms with Crippen LogP contribution in [0.5, 0.6) is 0 Å². The lowest BCUT2D eigenvalue weighted by atomic mass is 9.42. The van der Waals surface area contributed by atoms with Crippen molar-refractivity contribution in [1.29, 1.82) is 0 Å². The Kier molecular flexibility index (Phi) is 5.70. The molecule has 0 aliphatic heterocycles. The Morgan fingerprint density at radius 1 is 1.10 bits per heavy atom. The zero-order valence-electron chi connectivity index (χ0n) is 19.1. The number of allylic oxidation sites excluding steroid dienone is 1. The number of carboxylic acids is 1. The molecule has 0 spiro atoms. The van der Waals surface area contributed by atoms with Gasteiger partial charge in [-0.25, -0.2) is 4.79 Å². The number of aliphatic hydroxyl groups excluding tert-OH is 1. The lowest BCUT2D eigenvalue weighted by molar-refractivity contribution is -0.173. The van der Waals surface area contributed by atoms with E-state index in [9.17, 15) is 14.7 Å². The Morgan fingerprint density at radius 2 is 1.77 bits per heavy atom. The van der Waals surface area contributed by atoms with E-state index >= 15 is 0 Å². The minimum Gasteiger partial charge on any atom is -0.478 e. The molecular weight excluding hydrogens is 376 g/mol. The van der Waals surface area contributed by atoms with Gasteiger partial charge in [0.25, 0.3) is 0 Å². The van der Waals surface area contributed by atoms with Crippen molar-refractivity contribution in [3.63, 3.8) is 0 Å². The van der Waals surface area contributed by atoms with Gasteiger partial charge in [-0.15, -0.1) is 0 Å². The number of Topliss-reactive ketones (excluding diaryl/α,β-unsaturated/α-hetero) is 1. The molecule has 168 valence electrons. The molecular formula is C26H40O4. The SMILES string of the molecule is CC[C@H]1C(=O)[C@@H]2[C@H](CC[C@]3(C)[C@@H](C(C)C=CC(=O)O)CC[C@@H]23)[C@@]2(C)CC[C@@H](O)C[C@@H]12. The molecule has 4 heteroatoms. The van der Waals surface area contributed by atoms with E-state index in [1.54, 1.807) is 0 Å². The van der Waals surface area contributed by atoms with Gasteiger partial charge in [0.15, 0.2) is 0 Å². The molecule has 0 amide bonds. The first-order valence-electron chi connectivity index (χ1n) is 12.3. The molecule has 4 aliphatic carbocycles. The Bertz CT molecular complexity index is 729. The minimum absolute atomic E-state index is 0.0944. The summed E-state index contributed by atoms with van der Waals surface area (Å²) in [5.74, 6) is 1.75. The molecule has 4 saturated carbocycles. The van der Waals surface area contributed by atoms with Gasteiger partial charge in [0.05, 0.1) is 6.10 Å². The molecule has 4 nitrogen and oxygen atoms in total. The van der Waals surface area contributed by atoms with Crippen LogP contribution in [-0.4, -0.2) is 28.1 Å². The standard InChI is InChI=1S/C26H40O4/c1-5-17-21-14-16(27)10-12-26(21,4)20-11-13-25(3)18(15(2)6-9-22(28)29)7-8-19(25)23(20)24(17)30/h6,9,15-21,23,27H,5,7-8,10-14H2,1-4H3,(H,28,29)/t15?,16-,17-,18-,19+,20+,21+,23+,25-,26-/m1/s1. The Labute approximate surface area is 181 Å². The normalized spacial score (nSPS) is 49.4. The fourth-order valence-corrected chi connectivity index (χ4v) is 8.91. The van der Waals surface area contributed by atoms with Gasteiger partial charge in [-0.2, -0.15) is 0 Å². The Hall–Kier alpha value is -1.16. The van der Waals surface area contributed by atoms with Crippen LogP contribution in [0.1, 0.15) is 79.1 Å². The predicted octanol–water partition coefficient (Wildman–Crippen LogP) is 5.10. The second-order valence-electron chi connectivity index (χ2n) is 11.5. The first-order chi connectivity index (χ1) is 14.1. The molecule has 10 atom stereocenters. The molecule has 0 aromatic heterocycles. The Morgan fingerprint density at radius 3 is 2.43 bits per heavy atom. The lowest BCUT2D eigenvalue weighted by Crippen LogP contribution is -2.60. The quantitative estimate of drug-likeness (QED) is 0.625. The van der Waals surface area contributed by atoms with Gasteiger partial charge in [0.2, 0.25) is 0 Å². The number of hydrogen-bond acceptors (Lipinski definition) is 3. The molecule has 4 fully saturated rings. The summed E-state index contributed by atoms with van der Waals surface area (Å²) in [7, 11) is 0. The molecule has 4 rings (SSSR count). The van der Waals surface area contributed by atoms with Crippen molar-refractivity contribution < 1.29 is 19.8 Å². The van der Waals surface area contributed by atoms with E-state index < -0.39 is 5.97 Å². The fraction of sp³-hybridized carbons (Fsp3) is 0.846. The lowest BCUT2D eigenvalue weighted by Gasteiger charge is -2.62. The molecule has 0 aromatic rings. The minimum atomic E-state index is -0.878. The first kappa shape index (κ1) is 22.0. The van der Waals surface area contributed by atoms with Crippen molar-refractivity contribution >= 4 is 11.8 Å². The topological polar surface area (TPSA) is 74.6 Å². The number of rotatable bonds is 4. The number of carbonyl (C=O) groups is 2. The molecule has 0 heterocycles. The van der Waals surface area contributed by atoms with E-state index in [0.29, 0.717) is 29.5 Å². The van der Waals surface area contributed by atoms with Gasteiger partial charge in [-0.3, -0.25) is 4.79 Å². The first-order valence-corrected chi connectivity index (χ1v) is 12.3. The van der Waals surface area contributed by atoms with Crippen LogP contribution in [0.15, 0.2) is 12.2 Å². The van der Waals surface area contributed by atoms with E-state index in [4.69, 9.17) is 5.11 Å². The molecule has 0 bridgehead atoms. The van der Waals surface area contributed by atoms with Crippen LogP contribution < -0.4 is 0 Å². The van der Waals surface area contributed by atoms with Crippen LogP contribution in [0.4, 0.5) is 0 Å². The number of carbonyl (C=O) groups excluding carboxylic acids is 1. The van der Waals surface area contributed by atoms with Gasteiger partial charge < -0.3 is 10.2 Å². The number of aliphatic hydroxyl groups is 1. The summed E-state index contributed by atoms with van der Waals surface area (Å²) < 4.78 is 0. The fourth-order valence-electron chi connectivity index (χ4n) is 8.91. The molecule has 4 aliphatic rings. The van der Waals surface area contributed by atoms with Crippen molar-refractivity contribution in [3.05, 3.63) is 12.2 Å². The van der Waals surface area contributed by atoms with Crippen molar-refractivity contribution in [3.8, 4) is 0 Å². The smallest absolute Gasteiger partial charge is 0.327 e. The second-order valence-corrected chi connectivity index (χ2v) is 11.5. The molecule has 0 aromatic carbocycles. The van der Waals surface area contributed by atoms with Gasteiger partial charge in [-0.05, 0) is 91.8 Å². The number of carboxylic acid groups (broad SMARTS) is 1. The zero-order chi connectivity index (χ0) is 21.8. The predicted molar refractivity (Wildman–Crippen MR) is 117 cm³/mol. The highest BCUT2D eigenvalue weighted by atomic mass is 16.4. The number of ketones is 1. The van der Waals surface area contributed by atoms with Gasteiger partial charge in [0, 0.05) is 17.9 Å². The summed E-state index contributed by atoms with van der Waals surface area (Å²) in [6.45, 7) is 9.14. The third-order valence-electron chi connectivity index (χ3n) is 10.4. The van der Waals surface area contributed by atoms with Crippen molar-refractivity contribution in [1.82, 2.24) is 0 Å². The van der Waals surface area contributed by atoms with Gasteiger partial charge >= 0.3 is 5.97 Å². The van der Waals surface area contributed by atoms with Crippen LogP contribution >= 0.6 is 0 Å². The summed E-state index contributed by atoms with van der Waals surface area (Å²) >= 11 is 0. The number of hydrogen-bond donors (Lipinski definition) is 2. The van der Waals surface area contributed by atoms with Crippen LogP contribution in [0.3, 0.4) is 0 Å². The highest BCUT2D eigenvalue weighted by molar-refractivity contribution is 5.86. The van der Waals surface area contributed by atoms with Crippen LogP contribution in [0, 0.1) is 52.3 Å². The van der Waals surface area contributed by atoms with E-state index in [1.165, 1.54) is 6.08 Å². The maximum atomic E-state index is 13.9. The molecule has 2 N–H and O–H groups in total. The van der Waals surface area contributed by atoms with Gasteiger partial charge in [0.1, 0.15) is 5.78 Å². The van der Waals surface area contributed by atoms with Gasteiger partial charge in [-0.1, -0.05) is 33.8 Å². The summed E-state index contributed by atoms with van der Waals surface area (Å²) in [6.07, 6.45) is 11.0. The van der Waals surface area contributed by atoms with Crippen molar-refractivity contribution in [2.45, 2.75) is 85.2 Å². The monoisotopic (exact) mass is 416 g/mol. The Balaban J connectivity index is 1.66.